The molecule has 1 aromatic carbocycles. The Morgan fingerprint density at radius 2 is 1.89 bits per heavy atom. The van der Waals surface area contributed by atoms with Crippen LogP contribution in [0.1, 0.15) is 57.9 Å². The van der Waals surface area contributed by atoms with Gasteiger partial charge in [0, 0.05) is 6.04 Å². The molecule has 0 aliphatic heterocycles. The van der Waals surface area contributed by atoms with Gasteiger partial charge in [-0.3, -0.25) is 0 Å². The highest BCUT2D eigenvalue weighted by Gasteiger charge is 2.06. The van der Waals surface area contributed by atoms with Gasteiger partial charge in [0.25, 0.3) is 0 Å². The summed E-state index contributed by atoms with van der Waals surface area (Å²) in [7, 11) is 0. The van der Waals surface area contributed by atoms with Crippen LogP contribution in [0.25, 0.3) is 0 Å². The number of hydrogen-bond acceptors (Lipinski definition) is 1. The lowest BCUT2D eigenvalue weighted by Crippen LogP contribution is -2.15. The van der Waals surface area contributed by atoms with Crippen molar-refractivity contribution in [2.45, 2.75) is 65.3 Å². The largest absolute Gasteiger partial charge is 0.380 e. The summed E-state index contributed by atoms with van der Waals surface area (Å²) in [6.07, 6.45) is 7.55. The maximum absolute atomic E-state index is 13.6. The highest BCUT2D eigenvalue weighted by Crippen LogP contribution is 2.18. The van der Waals surface area contributed by atoms with Crippen LogP contribution in [-0.4, -0.2) is 6.04 Å². The van der Waals surface area contributed by atoms with E-state index in [2.05, 4.69) is 19.2 Å². The fourth-order valence-corrected chi connectivity index (χ4v) is 2.13. The molecule has 2 heteroatoms. The third kappa shape index (κ3) is 5.52. The average Bonchev–Trinajstić information content (AvgIpc) is 2.32. The van der Waals surface area contributed by atoms with Gasteiger partial charge in [-0.05, 0) is 38.0 Å². The molecule has 0 heterocycles. The predicted octanol–water partition coefficient (Wildman–Crippen LogP) is 5.30. The second-order valence-electron chi connectivity index (χ2n) is 5.23. The third-order valence-electron chi connectivity index (χ3n) is 3.27. The van der Waals surface area contributed by atoms with Crippen LogP contribution < -0.4 is 5.32 Å². The smallest absolute Gasteiger partial charge is 0.146 e. The topological polar surface area (TPSA) is 12.0 Å². The molecule has 1 N–H and O–H groups in total. The Labute approximate surface area is 111 Å². The minimum Gasteiger partial charge on any atom is -0.380 e. The van der Waals surface area contributed by atoms with Gasteiger partial charge in [0.1, 0.15) is 5.82 Å². The van der Waals surface area contributed by atoms with Crippen LogP contribution in [-0.2, 0) is 0 Å². The van der Waals surface area contributed by atoms with E-state index in [-0.39, 0.29) is 5.82 Å². The van der Waals surface area contributed by atoms with E-state index in [1.165, 1.54) is 32.1 Å². The predicted molar refractivity (Wildman–Crippen MR) is 77.6 cm³/mol. The lowest BCUT2D eigenvalue weighted by Gasteiger charge is -2.16. The van der Waals surface area contributed by atoms with Gasteiger partial charge in [0.05, 0.1) is 5.69 Å². The zero-order chi connectivity index (χ0) is 13.4. The van der Waals surface area contributed by atoms with Crippen molar-refractivity contribution in [3.8, 4) is 0 Å². The molecular weight excluding hydrogens is 225 g/mol. The maximum Gasteiger partial charge on any atom is 0.146 e. The van der Waals surface area contributed by atoms with Crippen LogP contribution in [0.15, 0.2) is 18.2 Å². The third-order valence-corrected chi connectivity index (χ3v) is 3.27. The van der Waals surface area contributed by atoms with Gasteiger partial charge in [0.2, 0.25) is 0 Å². The van der Waals surface area contributed by atoms with E-state index in [0.29, 0.717) is 11.7 Å². The molecule has 0 bridgehead atoms. The Balaban J connectivity index is 2.28. The van der Waals surface area contributed by atoms with Crippen LogP contribution in [0.3, 0.4) is 0 Å². The van der Waals surface area contributed by atoms with Crippen molar-refractivity contribution in [1.82, 2.24) is 0 Å². The monoisotopic (exact) mass is 251 g/mol. The lowest BCUT2D eigenvalue weighted by molar-refractivity contribution is 0.573. The maximum atomic E-state index is 13.6. The van der Waals surface area contributed by atoms with Gasteiger partial charge >= 0.3 is 0 Å². The minimum atomic E-state index is -0.146. The molecule has 0 aliphatic carbocycles. The lowest BCUT2D eigenvalue weighted by atomic mass is 10.1. The van der Waals surface area contributed by atoms with E-state index in [0.717, 1.165) is 12.0 Å². The first-order valence-corrected chi connectivity index (χ1v) is 7.16. The number of unbranched alkanes of at least 4 members (excludes halogenated alkanes) is 4. The number of aryl methyl sites for hydroxylation is 1. The molecule has 0 fully saturated rings. The summed E-state index contributed by atoms with van der Waals surface area (Å²) in [4.78, 5) is 0. The second kappa shape index (κ2) is 8.12. The van der Waals surface area contributed by atoms with Crippen LogP contribution >= 0.6 is 0 Å². The molecule has 0 saturated carbocycles. The number of anilines is 1. The molecule has 0 radical (unpaired) electrons. The summed E-state index contributed by atoms with van der Waals surface area (Å²) < 4.78 is 13.6. The first kappa shape index (κ1) is 15.0. The van der Waals surface area contributed by atoms with Crippen LogP contribution in [0.2, 0.25) is 0 Å². The quantitative estimate of drug-likeness (QED) is 0.619. The van der Waals surface area contributed by atoms with E-state index in [1.807, 2.05) is 19.1 Å². The number of hydrogen-bond donors (Lipinski definition) is 1. The van der Waals surface area contributed by atoms with Gasteiger partial charge in [-0.15, -0.1) is 0 Å². The van der Waals surface area contributed by atoms with Gasteiger partial charge in [0.15, 0.2) is 0 Å². The van der Waals surface area contributed by atoms with E-state index in [1.54, 1.807) is 6.07 Å². The zero-order valence-electron chi connectivity index (χ0n) is 11.9. The molecular formula is C16H26FN. The Morgan fingerprint density at radius 1 is 1.17 bits per heavy atom. The summed E-state index contributed by atoms with van der Waals surface area (Å²) in [6, 6.07) is 5.69. The van der Waals surface area contributed by atoms with Gasteiger partial charge in [-0.25, -0.2) is 4.39 Å². The van der Waals surface area contributed by atoms with E-state index >= 15 is 0 Å². The van der Waals surface area contributed by atoms with Crippen LogP contribution in [0.4, 0.5) is 10.1 Å². The Kier molecular flexibility index (Phi) is 6.77. The van der Waals surface area contributed by atoms with Crippen molar-refractivity contribution < 1.29 is 4.39 Å². The molecule has 0 aliphatic rings. The summed E-state index contributed by atoms with van der Waals surface area (Å²) in [5.41, 5.74) is 1.59. The van der Waals surface area contributed by atoms with Gasteiger partial charge in [-0.2, -0.15) is 0 Å². The molecule has 1 unspecified atom stereocenters. The SMILES string of the molecule is CCCCCCCC(C)Nc1ccc(C)cc1F. The fraction of sp³-hybridized carbons (Fsp3) is 0.625. The molecule has 0 saturated heterocycles. The number of nitrogens with one attached hydrogen (secondary N) is 1. The first-order chi connectivity index (χ1) is 8.63. The Morgan fingerprint density at radius 3 is 2.56 bits per heavy atom. The molecule has 0 aromatic heterocycles. The Bertz CT molecular complexity index is 349. The highest BCUT2D eigenvalue weighted by molar-refractivity contribution is 5.46. The van der Waals surface area contributed by atoms with Crippen LogP contribution in [0, 0.1) is 12.7 Å². The molecule has 1 atom stereocenters. The molecule has 1 aromatic rings. The first-order valence-electron chi connectivity index (χ1n) is 7.16. The molecule has 0 spiro atoms. The normalized spacial score (nSPS) is 12.4. The van der Waals surface area contributed by atoms with Crippen molar-refractivity contribution in [1.29, 1.82) is 0 Å². The molecule has 18 heavy (non-hydrogen) atoms. The van der Waals surface area contributed by atoms with Crippen molar-refractivity contribution in [3.63, 3.8) is 0 Å². The van der Waals surface area contributed by atoms with Crippen molar-refractivity contribution in [3.05, 3.63) is 29.6 Å². The fourth-order valence-electron chi connectivity index (χ4n) is 2.13. The van der Waals surface area contributed by atoms with Crippen molar-refractivity contribution >= 4 is 5.69 Å². The van der Waals surface area contributed by atoms with Gasteiger partial charge < -0.3 is 5.32 Å². The Hall–Kier alpha value is -1.05. The number of rotatable bonds is 8. The molecule has 102 valence electrons. The average molecular weight is 251 g/mol. The number of benzene rings is 1. The minimum absolute atomic E-state index is 0.146. The summed E-state index contributed by atoms with van der Waals surface area (Å²) in [5.74, 6) is -0.146. The molecule has 1 rings (SSSR count). The summed E-state index contributed by atoms with van der Waals surface area (Å²) in [6.45, 7) is 6.26. The van der Waals surface area contributed by atoms with Crippen molar-refractivity contribution in [2.24, 2.45) is 0 Å². The van der Waals surface area contributed by atoms with Crippen molar-refractivity contribution in [2.75, 3.05) is 5.32 Å². The van der Waals surface area contributed by atoms with E-state index in [9.17, 15) is 4.39 Å². The van der Waals surface area contributed by atoms with E-state index < -0.39 is 0 Å². The molecule has 0 amide bonds. The van der Waals surface area contributed by atoms with Gasteiger partial charge in [-0.1, -0.05) is 45.1 Å². The second-order valence-corrected chi connectivity index (χ2v) is 5.23. The standard InChI is InChI=1S/C16H26FN/c1-4-5-6-7-8-9-14(3)18-16-11-10-13(2)12-15(16)17/h10-12,14,18H,4-9H2,1-3H3. The highest BCUT2D eigenvalue weighted by atomic mass is 19.1. The molecule has 1 nitrogen and oxygen atoms in total. The number of halogens is 1. The van der Waals surface area contributed by atoms with E-state index in [4.69, 9.17) is 0 Å². The summed E-state index contributed by atoms with van der Waals surface area (Å²) in [5, 5.41) is 3.25. The zero-order valence-corrected chi connectivity index (χ0v) is 11.9. The summed E-state index contributed by atoms with van der Waals surface area (Å²) >= 11 is 0. The van der Waals surface area contributed by atoms with Crippen LogP contribution in [0.5, 0.6) is 0 Å².